The maximum atomic E-state index is 12.9. The molecule has 6 nitrogen and oxygen atoms in total. The summed E-state index contributed by atoms with van der Waals surface area (Å²) in [7, 11) is 2.76. The fourth-order valence-electron chi connectivity index (χ4n) is 2.29. The van der Waals surface area contributed by atoms with Crippen molar-refractivity contribution < 1.29 is 17.9 Å². The molecule has 0 atom stereocenters. The normalized spacial score (nSPS) is 12.4. The molecule has 0 saturated carbocycles. The fraction of sp³-hybridized carbons (Fsp3) is 0.312. The van der Waals surface area contributed by atoms with Gasteiger partial charge >= 0.3 is 11.9 Å². The number of aliphatic imine (C=N–C) groups is 1. The van der Waals surface area contributed by atoms with Crippen LogP contribution in [0.4, 0.5) is 19.0 Å². The first kappa shape index (κ1) is 19.8. The lowest BCUT2D eigenvalue weighted by atomic mass is 10.2. The van der Waals surface area contributed by atoms with Crippen molar-refractivity contribution in [1.29, 1.82) is 0 Å². The van der Waals surface area contributed by atoms with Gasteiger partial charge in [0.05, 0.1) is 16.1 Å². The van der Waals surface area contributed by atoms with Crippen molar-refractivity contribution in [2.45, 2.75) is 20.0 Å². The van der Waals surface area contributed by atoms with Gasteiger partial charge in [0.2, 0.25) is 0 Å². The molecule has 0 spiro atoms. The van der Waals surface area contributed by atoms with Crippen LogP contribution in [-0.2, 0) is 20.3 Å². The Hall–Kier alpha value is -2.55. The SMILES string of the molecule is CC(=Nc1c(C)c(=O)n(C)c(=O)n1C)Oc1ccc(Cl)c(C(F)(F)F)c1. The Morgan fingerprint density at radius 1 is 1.19 bits per heavy atom. The molecule has 0 aliphatic carbocycles. The van der Waals surface area contributed by atoms with Crippen LogP contribution in [0.2, 0.25) is 5.02 Å². The number of ether oxygens (including phenoxy) is 1. The lowest BCUT2D eigenvalue weighted by molar-refractivity contribution is -0.137. The zero-order valence-corrected chi connectivity index (χ0v) is 15.1. The van der Waals surface area contributed by atoms with Crippen molar-refractivity contribution in [3.05, 3.63) is 55.2 Å². The van der Waals surface area contributed by atoms with Gasteiger partial charge in [-0.25, -0.2) is 4.79 Å². The standard InChI is InChI=1S/C16H15ClF3N3O3/c1-8-13(22(3)15(25)23(4)14(8)24)21-9(2)26-10-5-6-12(17)11(7-10)16(18,19)20/h5-7H,1-4H3. The third-order valence-electron chi connectivity index (χ3n) is 3.62. The van der Waals surface area contributed by atoms with Gasteiger partial charge in [0.25, 0.3) is 5.56 Å². The summed E-state index contributed by atoms with van der Waals surface area (Å²) in [5, 5.41) is -0.454. The first-order valence-corrected chi connectivity index (χ1v) is 7.67. The monoisotopic (exact) mass is 389 g/mol. The average molecular weight is 390 g/mol. The van der Waals surface area contributed by atoms with E-state index in [2.05, 4.69) is 4.99 Å². The minimum atomic E-state index is -4.63. The van der Waals surface area contributed by atoms with Crippen LogP contribution in [-0.4, -0.2) is 15.0 Å². The van der Waals surface area contributed by atoms with Gasteiger partial charge in [0.1, 0.15) is 11.6 Å². The van der Waals surface area contributed by atoms with Crippen LogP contribution in [0.5, 0.6) is 5.75 Å². The molecule has 140 valence electrons. The number of rotatable bonds is 2. The maximum absolute atomic E-state index is 12.9. The van der Waals surface area contributed by atoms with Crippen LogP contribution in [0.1, 0.15) is 18.1 Å². The molecule has 1 aromatic carbocycles. The van der Waals surface area contributed by atoms with Crippen LogP contribution in [0.3, 0.4) is 0 Å². The van der Waals surface area contributed by atoms with Gasteiger partial charge in [-0.2, -0.15) is 18.2 Å². The molecule has 26 heavy (non-hydrogen) atoms. The lowest BCUT2D eigenvalue weighted by Gasteiger charge is -2.13. The molecular formula is C16H15ClF3N3O3. The molecular weight excluding hydrogens is 375 g/mol. The van der Waals surface area contributed by atoms with Crippen molar-refractivity contribution in [3.8, 4) is 5.75 Å². The quantitative estimate of drug-likeness (QED) is 0.585. The Balaban J connectivity index is 2.45. The largest absolute Gasteiger partial charge is 0.443 e. The van der Waals surface area contributed by atoms with Crippen LogP contribution in [0, 0.1) is 6.92 Å². The lowest BCUT2D eigenvalue weighted by Crippen LogP contribution is -2.38. The highest BCUT2D eigenvalue weighted by molar-refractivity contribution is 6.31. The number of halogens is 4. The second kappa shape index (κ2) is 6.99. The third-order valence-corrected chi connectivity index (χ3v) is 3.95. The van der Waals surface area contributed by atoms with E-state index in [4.69, 9.17) is 16.3 Å². The van der Waals surface area contributed by atoms with E-state index in [1.54, 1.807) is 0 Å². The van der Waals surface area contributed by atoms with E-state index in [-0.39, 0.29) is 23.0 Å². The van der Waals surface area contributed by atoms with Crippen molar-refractivity contribution in [1.82, 2.24) is 9.13 Å². The van der Waals surface area contributed by atoms with Gasteiger partial charge in [0, 0.05) is 21.0 Å². The highest BCUT2D eigenvalue weighted by Gasteiger charge is 2.33. The summed E-state index contributed by atoms with van der Waals surface area (Å²) >= 11 is 5.56. The van der Waals surface area contributed by atoms with Crippen molar-refractivity contribution in [3.63, 3.8) is 0 Å². The van der Waals surface area contributed by atoms with E-state index < -0.39 is 28.0 Å². The van der Waals surface area contributed by atoms with Crippen LogP contribution >= 0.6 is 11.6 Å². The number of hydrogen-bond donors (Lipinski definition) is 0. The minimum absolute atomic E-state index is 0.0493. The summed E-state index contributed by atoms with van der Waals surface area (Å²) < 4.78 is 46.1. The van der Waals surface area contributed by atoms with Gasteiger partial charge in [-0.05, 0) is 25.1 Å². The Bertz CT molecular complexity index is 970. The van der Waals surface area contributed by atoms with Crippen molar-refractivity contribution in [2.24, 2.45) is 19.1 Å². The zero-order valence-electron chi connectivity index (χ0n) is 14.3. The smallest absolute Gasteiger partial charge is 0.417 e. The number of alkyl halides is 3. The molecule has 0 bridgehead atoms. The summed E-state index contributed by atoms with van der Waals surface area (Å²) in [6.45, 7) is 2.88. The maximum Gasteiger partial charge on any atom is 0.417 e. The second-order valence-corrected chi connectivity index (χ2v) is 5.93. The van der Waals surface area contributed by atoms with Crippen molar-refractivity contribution >= 4 is 23.3 Å². The molecule has 0 N–H and O–H groups in total. The summed E-state index contributed by atoms with van der Waals surface area (Å²) in [5.41, 5.74) is -1.95. The summed E-state index contributed by atoms with van der Waals surface area (Å²) in [4.78, 5) is 28.0. The summed E-state index contributed by atoms with van der Waals surface area (Å²) in [6.07, 6.45) is -4.63. The molecule has 0 aliphatic rings. The second-order valence-electron chi connectivity index (χ2n) is 5.53. The molecule has 10 heteroatoms. The van der Waals surface area contributed by atoms with Crippen LogP contribution in [0.25, 0.3) is 0 Å². The number of aromatic nitrogens is 2. The van der Waals surface area contributed by atoms with Gasteiger partial charge < -0.3 is 4.74 Å². The molecule has 0 aliphatic heterocycles. The Morgan fingerprint density at radius 3 is 2.38 bits per heavy atom. The predicted octanol–water partition coefficient (Wildman–Crippen LogP) is 3.19. The molecule has 2 rings (SSSR count). The third kappa shape index (κ3) is 3.82. The van der Waals surface area contributed by atoms with E-state index in [9.17, 15) is 22.8 Å². The van der Waals surface area contributed by atoms with Gasteiger partial charge in [-0.1, -0.05) is 11.6 Å². The Kier molecular flexibility index (Phi) is 5.31. The molecule has 0 radical (unpaired) electrons. The van der Waals surface area contributed by atoms with E-state index >= 15 is 0 Å². The van der Waals surface area contributed by atoms with Gasteiger partial charge in [-0.15, -0.1) is 0 Å². The molecule has 0 fully saturated rings. The molecule has 0 amide bonds. The van der Waals surface area contributed by atoms with Gasteiger partial charge in [0.15, 0.2) is 5.90 Å². The molecule has 2 aromatic rings. The molecule has 1 aromatic heterocycles. The Morgan fingerprint density at radius 2 is 1.81 bits per heavy atom. The van der Waals surface area contributed by atoms with Gasteiger partial charge in [-0.3, -0.25) is 13.9 Å². The van der Waals surface area contributed by atoms with E-state index in [0.717, 1.165) is 21.3 Å². The number of benzene rings is 1. The number of nitrogens with zero attached hydrogens (tertiary/aromatic N) is 3. The summed E-state index contributed by atoms with van der Waals surface area (Å²) in [6, 6.07) is 3.07. The first-order valence-electron chi connectivity index (χ1n) is 7.30. The predicted molar refractivity (Wildman–Crippen MR) is 91.5 cm³/mol. The highest BCUT2D eigenvalue weighted by atomic mass is 35.5. The summed E-state index contributed by atoms with van der Waals surface area (Å²) in [5.74, 6) is -0.123. The first-order chi connectivity index (χ1) is 11.9. The number of hydrogen-bond acceptors (Lipinski definition) is 4. The topological polar surface area (TPSA) is 65.6 Å². The van der Waals surface area contributed by atoms with Crippen LogP contribution in [0.15, 0.2) is 32.8 Å². The van der Waals surface area contributed by atoms with Crippen molar-refractivity contribution in [2.75, 3.05) is 0 Å². The molecule has 0 unspecified atom stereocenters. The average Bonchev–Trinajstić information content (AvgIpc) is 2.56. The molecule has 1 heterocycles. The Labute approximate surface area is 151 Å². The molecule has 0 saturated heterocycles. The van der Waals surface area contributed by atoms with Crippen LogP contribution < -0.4 is 16.0 Å². The highest BCUT2D eigenvalue weighted by Crippen LogP contribution is 2.36. The zero-order chi connectivity index (χ0) is 19.8. The van der Waals surface area contributed by atoms with E-state index in [1.807, 2.05) is 0 Å². The fourth-order valence-corrected chi connectivity index (χ4v) is 2.51. The van der Waals surface area contributed by atoms with E-state index in [0.29, 0.717) is 0 Å². The minimum Gasteiger partial charge on any atom is -0.443 e. The van der Waals surface area contributed by atoms with E-state index in [1.165, 1.54) is 34.0 Å².